The van der Waals surface area contributed by atoms with Gasteiger partial charge in [-0.1, -0.05) is 11.8 Å². The van der Waals surface area contributed by atoms with Gasteiger partial charge < -0.3 is 9.47 Å². The largest absolute Gasteiger partial charge is 0.497 e. The van der Waals surface area contributed by atoms with Crippen LogP contribution in [0.4, 0.5) is 0 Å². The molecule has 0 bridgehead atoms. The highest BCUT2D eigenvalue weighted by molar-refractivity contribution is 7.73. The molecule has 0 aliphatic carbocycles. The van der Waals surface area contributed by atoms with Gasteiger partial charge in [-0.25, -0.2) is 0 Å². The summed E-state index contributed by atoms with van der Waals surface area (Å²) in [6.07, 6.45) is 0. The summed E-state index contributed by atoms with van der Waals surface area (Å²) >= 11 is 0. The molecule has 0 N–H and O–H groups in total. The predicted octanol–water partition coefficient (Wildman–Crippen LogP) is 4.01. The van der Waals surface area contributed by atoms with E-state index in [0.717, 1.165) is 22.6 Å². The Bertz CT molecular complexity index is 759. The van der Waals surface area contributed by atoms with Crippen molar-refractivity contribution in [2.45, 2.75) is 0 Å². The summed E-state index contributed by atoms with van der Waals surface area (Å²) < 4.78 is 22.6. The second-order valence-electron chi connectivity index (χ2n) is 4.85. The summed E-state index contributed by atoms with van der Waals surface area (Å²) in [5.41, 5.74) is 7.10. The van der Waals surface area contributed by atoms with E-state index in [4.69, 9.17) is 9.47 Å². The van der Waals surface area contributed by atoms with Gasteiger partial charge in [-0.3, -0.25) is 4.57 Å². The Morgan fingerprint density at radius 3 is 1.39 bits per heavy atom. The van der Waals surface area contributed by atoms with Crippen LogP contribution in [0.15, 0.2) is 48.5 Å². The zero-order valence-corrected chi connectivity index (χ0v) is 14.2. The van der Waals surface area contributed by atoms with E-state index in [1.807, 2.05) is 48.5 Å². The molecule has 0 spiro atoms. The molecule has 4 heteroatoms. The molecular weight excluding hydrogens is 307 g/mol. The van der Waals surface area contributed by atoms with Crippen LogP contribution in [0.1, 0.15) is 11.1 Å². The highest BCUT2D eigenvalue weighted by Gasteiger charge is 2.05. The molecule has 0 saturated heterocycles. The summed E-state index contributed by atoms with van der Waals surface area (Å²) in [5, 5.41) is 0. The first-order chi connectivity index (χ1) is 11.0. The molecular formula is C19H17O3P. The van der Waals surface area contributed by atoms with Crippen molar-refractivity contribution in [3.8, 4) is 34.7 Å². The molecule has 2 rings (SSSR count). The molecule has 0 atom stereocenters. The van der Waals surface area contributed by atoms with Crippen LogP contribution in [0.3, 0.4) is 0 Å². The van der Waals surface area contributed by atoms with Gasteiger partial charge >= 0.3 is 0 Å². The summed E-state index contributed by atoms with van der Waals surface area (Å²) in [6, 6.07) is 14.5. The monoisotopic (exact) mass is 324 g/mol. The van der Waals surface area contributed by atoms with Crippen LogP contribution in [0, 0.1) is 23.2 Å². The lowest BCUT2D eigenvalue weighted by molar-refractivity contribution is 0.414. The maximum absolute atomic E-state index is 12.4. The molecule has 0 heterocycles. The molecule has 0 amide bonds. The fourth-order valence-corrected chi connectivity index (χ4v) is 2.46. The van der Waals surface area contributed by atoms with Crippen molar-refractivity contribution in [1.29, 1.82) is 0 Å². The number of hydrogen-bond acceptors (Lipinski definition) is 3. The van der Waals surface area contributed by atoms with Gasteiger partial charge in [0.05, 0.1) is 14.2 Å². The molecule has 116 valence electrons. The highest BCUT2D eigenvalue weighted by Crippen LogP contribution is 2.38. The van der Waals surface area contributed by atoms with Crippen LogP contribution in [0.2, 0.25) is 0 Å². The Kier molecular flexibility index (Phi) is 5.53. The molecule has 0 fully saturated rings. The van der Waals surface area contributed by atoms with Crippen LogP contribution in [-0.4, -0.2) is 20.9 Å². The molecule has 0 saturated carbocycles. The number of benzene rings is 2. The Labute approximate surface area is 137 Å². The number of methoxy groups -OCH3 is 2. The van der Waals surface area contributed by atoms with Crippen LogP contribution in [0.25, 0.3) is 0 Å². The summed E-state index contributed by atoms with van der Waals surface area (Å²) in [6.45, 7) is 1.57. The molecule has 0 aliphatic rings. The number of hydrogen-bond donors (Lipinski definition) is 0. The predicted molar refractivity (Wildman–Crippen MR) is 93.3 cm³/mol. The molecule has 0 unspecified atom stereocenters. The number of rotatable bonds is 2. The van der Waals surface area contributed by atoms with E-state index in [9.17, 15) is 4.57 Å². The lowest BCUT2D eigenvalue weighted by atomic mass is 10.2. The van der Waals surface area contributed by atoms with Gasteiger partial charge in [-0.05, 0) is 59.9 Å². The van der Waals surface area contributed by atoms with Crippen molar-refractivity contribution in [3.63, 3.8) is 0 Å². The van der Waals surface area contributed by atoms with Gasteiger partial charge in [0.1, 0.15) is 11.5 Å². The van der Waals surface area contributed by atoms with E-state index in [-0.39, 0.29) is 0 Å². The quantitative estimate of drug-likeness (QED) is 0.618. The van der Waals surface area contributed by atoms with Gasteiger partial charge in [-0.2, -0.15) is 0 Å². The average Bonchev–Trinajstić information content (AvgIpc) is 2.59. The van der Waals surface area contributed by atoms with Crippen molar-refractivity contribution < 1.29 is 14.0 Å². The van der Waals surface area contributed by atoms with Crippen molar-refractivity contribution in [2.75, 3.05) is 20.9 Å². The van der Waals surface area contributed by atoms with Crippen LogP contribution < -0.4 is 9.47 Å². The summed E-state index contributed by atoms with van der Waals surface area (Å²) in [4.78, 5) is 0. The van der Waals surface area contributed by atoms with Gasteiger partial charge in [0.2, 0.25) is 7.14 Å². The fraction of sp³-hybridized carbons (Fsp3) is 0.158. The second-order valence-corrected chi connectivity index (χ2v) is 7.15. The molecule has 2 aromatic carbocycles. The maximum Gasteiger partial charge on any atom is 0.220 e. The van der Waals surface area contributed by atoms with Crippen LogP contribution in [-0.2, 0) is 4.57 Å². The Morgan fingerprint density at radius 1 is 0.739 bits per heavy atom. The standard InChI is InChI=1S/C19H17O3P/c1-21-18-8-4-16(5-9-18)12-14-23(3,20)15-13-17-6-10-19(22-2)11-7-17/h4-11H,1-3H3. The minimum absolute atomic E-state index is 0.759. The van der Waals surface area contributed by atoms with Crippen molar-refractivity contribution in [3.05, 3.63) is 59.7 Å². The van der Waals surface area contributed by atoms with E-state index in [2.05, 4.69) is 23.2 Å². The van der Waals surface area contributed by atoms with E-state index in [1.165, 1.54) is 0 Å². The SMILES string of the molecule is COc1ccc(C#CP(C)(=O)C#Cc2ccc(OC)cc2)cc1. The normalized spacial score (nSPS) is 9.87. The minimum Gasteiger partial charge on any atom is -0.497 e. The minimum atomic E-state index is -2.85. The highest BCUT2D eigenvalue weighted by atomic mass is 31.2. The first-order valence-corrected chi connectivity index (χ1v) is 9.10. The fourth-order valence-electron chi connectivity index (χ4n) is 1.72. The van der Waals surface area contributed by atoms with Crippen LogP contribution in [0.5, 0.6) is 11.5 Å². The van der Waals surface area contributed by atoms with E-state index < -0.39 is 7.14 Å². The number of ether oxygens (including phenoxy) is 2. The molecule has 2 aromatic rings. The Balaban J connectivity index is 2.14. The Hall–Kier alpha value is -2.61. The van der Waals surface area contributed by atoms with Crippen molar-refractivity contribution in [1.82, 2.24) is 0 Å². The first kappa shape index (κ1) is 16.8. The third-order valence-electron chi connectivity index (χ3n) is 3.01. The van der Waals surface area contributed by atoms with Crippen molar-refractivity contribution >= 4 is 7.14 Å². The molecule has 0 aromatic heterocycles. The lowest BCUT2D eigenvalue weighted by Crippen LogP contribution is -1.82. The molecule has 0 aliphatic heterocycles. The zero-order valence-electron chi connectivity index (χ0n) is 13.3. The van der Waals surface area contributed by atoms with E-state index in [1.54, 1.807) is 20.9 Å². The van der Waals surface area contributed by atoms with Crippen LogP contribution >= 0.6 is 7.14 Å². The van der Waals surface area contributed by atoms with Gasteiger partial charge in [-0.15, -0.1) is 0 Å². The van der Waals surface area contributed by atoms with E-state index in [0.29, 0.717) is 0 Å². The molecule has 23 heavy (non-hydrogen) atoms. The molecule has 0 radical (unpaired) electrons. The summed E-state index contributed by atoms with van der Waals surface area (Å²) in [5.74, 6) is 7.32. The maximum atomic E-state index is 12.4. The third-order valence-corrected chi connectivity index (χ3v) is 4.08. The Morgan fingerprint density at radius 2 is 1.09 bits per heavy atom. The van der Waals surface area contributed by atoms with Gasteiger partial charge in [0.25, 0.3) is 0 Å². The first-order valence-electron chi connectivity index (χ1n) is 6.94. The zero-order chi connectivity index (χ0) is 16.7. The van der Waals surface area contributed by atoms with E-state index >= 15 is 0 Å². The van der Waals surface area contributed by atoms with Gasteiger partial charge in [0.15, 0.2) is 0 Å². The lowest BCUT2D eigenvalue weighted by Gasteiger charge is -1.98. The summed E-state index contributed by atoms with van der Waals surface area (Å²) in [7, 11) is 0.368. The smallest absolute Gasteiger partial charge is 0.220 e. The topological polar surface area (TPSA) is 35.5 Å². The third kappa shape index (κ3) is 5.26. The average molecular weight is 324 g/mol. The van der Waals surface area contributed by atoms with Gasteiger partial charge in [0, 0.05) is 17.8 Å². The second kappa shape index (κ2) is 7.59. The molecule has 3 nitrogen and oxygen atoms in total. The van der Waals surface area contributed by atoms with Crippen molar-refractivity contribution in [2.24, 2.45) is 0 Å².